The average Bonchev–Trinajstić information content (AvgIpc) is 2.95. The normalized spacial score (nSPS) is 15.0. The van der Waals surface area contributed by atoms with Crippen molar-refractivity contribution in [2.45, 2.75) is 60.4 Å². The highest BCUT2D eigenvalue weighted by Crippen LogP contribution is 2.23. The number of aromatic nitrogens is 3. The molecule has 3 heterocycles. The van der Waals surface area contributed by atoms with Gasteiger partial charge in [-0.25, -0.2) is 9.97 Å². The van der Waals surface area contributed by atoms with Crippen molar-refractivity contribution in [3.05, 3.63) is 40.6 Å². The highest BCUT2D eigenvalue weighted by Gasteiger charge is 2.26. The van der Waals surface area contributed by atoms with E-state index < -0.39 is 0 Å². The summed E-state index contributed by atoms with van der Waals surface area (Å²) < 4.78 is 2.24. The second kappa shape index (κ2) is 7.94. The number of hydrogen-bond donors (Lipinski definition) is 0. The summed E-state index contributed by atoms with van der Waals surface area (Å²) >= 11 is 0. The Kier molecular flexibility index (Phi) is 5.77. The maximum absolute atomic E-state index is 13.1. The molecule has 6 heteroatoms. The van der Waals surface area contributed by atoms with Crippen molar-refractivity contribution in [2.75, 3.05) is 31.1 Å². The molecule has 1 aliphatic rings. The van der Waals surface area contributed by atoms with Crippen LogP contribution in [0.5, 0.6) is 0 Å². The minimum absolute atomic E-state index is 0.140. The number of carbonyl (C=O) groups excluding carboxylic acids is 1. The minimum Gasteiger partial charge on any atom is -0.353 e. The second-order valence-electron chi connectivity index (χ2n) is 8.41. The molecule has 2 aromatic rings. The topological polar surface area (TPSA) is 54.3 Å². The lowest BCUT2D eigenvalue weighted by Crippen LogP contribution is -2.49. The molecule has 0 unspecified atom stereocenters. The van der Waals surface area contributed by atoms with Gasteiger partial charge in [0.25, 0.3) is 5.91 Å². The summed E-state index contributed by atoms with van der Waals surface area (Å²) in [5, 5.41) is 0. The molecule has 1 fully saturated rings. The molecule has 1 aliphatic heterocycles. The molecule has 0 aliphatic carbocycles. The summed E-state index contributed by atoms with van der Waals surface area (Å²) in [4.78, 5) is 26.6. The summed E-state index contributed by atoms with van der Waals surface area (Å²) in [6, 6.07) is 4.43. The molecule has 6 nitrogen and oxygen atoms in total. The van der Waals surface area contributed by atoms with Gasteiger partial charge in [-0.05, 0) is 40.7 Å². The maximum Gasteiger partial charge on any atom is 0.255 e. The molecule has 0 aromatic carbocycles. The Morgan fingerprint density at radius 1 is 0.964 bits per heavy atom. The van der Waals surface area contributed by atoms with Crippen LogP contribution in [0.4, 0.5) is 5.82 Å². The van der Waals surface area contributed by atoms with E-state index in [0.717, 1.165) is 47.4 Å². The molecule has 0 saturated carbocycles. The van der Waals surface area contributed by atoms with Crippen molar-refractivity contribution in [3.63, 3.8) is 0 Å². The van der Waals surface area contributed by atoms with Crippen molar-refractivity contribution < 1.29 is 4.79 Å². The van der Waals surface area contributed by atoms with Crippen molar-refractivity contribution >= 4 is 11.7 Å². The molecule has 0 N–H and O–H groups in total. The Bertz CT molecular complexity index is 860. The van der Waals surface area contributed by atoms with Crippen LogP contribution in [0, 0.1) is 20.8 Å². The lowest BCUT2D eigenvalue weighted by atomic mass is 10.2. The van der Waals surface area contributed by atoms with Gasteiger partial charge in [-0.3, -0.25) is 4.79 Å². The van der Waals surface area contributed by atoms with E-state index in [-0.39, 0.29) is 5.91 Å². The van der Waals surface area contributed by atoms with Gasteiger partial charge >= 0.3 is 0 Å². The number of anilines is 1. The molecule has 0 spiro atoms. The van der Waals surface area contributed by atoms with Gasteiger partial charge in [0.2, 0.25) is 0 Å². The van der Waals surface area contributed by atoms with Crippen LogP contribution in [0.15, 0.2) is 12.1 Å². The highest BCUT2D eigenvalue weighted by atomic mass is 16.2. The molecular weight excluding hydrogens is 350 g/mol. The third kappa shape index (κ3) is 3.91. The first kappa shape index (κ1) is 20.4. The van der Waals surface area contributed by atoms with Gasteiger partial charge in [-0.15, -0.1) is 0 Å². The van der Waals surface area contributed by atoms with Crippen LogP contribution in [0.3, 0.4) is 0 Å². The van der Waals surface area contributed by atoms with E-state index >= 15 is 0 Å². The first-order chi connectivity index (χ1) is 13.2. The molecule has 0 atom stereocenters. The van der Waals surface area contributed by atoms with E-state index in [4.69, 9.17) is 4.98 Å². The largest absolute Gasteiger partial charge is 0.353 e. The Hall–Kier alpha value is -2.37. The summed E-state index contributed by atoms with van der Waals surface area (Å²) in [5.41, 5.74) is 4.04. The second-order valence-corrected chi connectivity index (χ2v) is 8.41. The molecule has 152 valence electrons. The molecule has 1 amide bonds. The number of nitrogens with zero attached hydrogens (tertiary/aromatic N) is 5. The Morgan fingerprint density at radius 2 is 1.61 bits per heavy atom. The number of rotatable bonds is 4. The van der Waals surface area contributed by atoms with E-state index in [1.807, 2.05) is 30.9 Å². The third-order valence-corrected chi connectivity index (χ3v) is 5.50. The number of carbonyl (C=O) groups is 1. The fourth-order valence-corrected chi connectivity index (χ4v) is 4.09. The highest BCUT2D eigenvalue weighted by molar-refractivity contribution is 5.96. The van der Waals surface area contributed by atoms with Gasteiger partial charge in [-0.1, -0.05) is 13.8 Å². The zero-order valence-electron chi connectivity index (χ0n) is 18.3. The summed E-state index contributed by atoms with van der Waals surface area (Å²) in [7, 11) is 0. The quantitative estimate of drug-likeness (QED) is 0.804. The van der Waals surface area contributed by atoms with Crippen molar-refractivity contribution in [1.82, 2.24) is 19.4 Å². The van der Waals surface area contributed by atoms with Gasteiger partial charge in [-0.2, -0.15) is 0 Å². The SMILES string of the molecule is Cc1cc(N2CCN(C(=O)c3cc(C)n(C(C)C)c3C)CC2)nc(C(C)C)n1. The maximum atomic E-state index is 13.1. The van der Waals surface area contributed by atoms with Crippen LogP contribution < -0.4 is 4.90 Å². The van der Waals surface area contributed by atoms with E-state index in [1.54, 1.807) is 0 Å². The van der Waals surface area contributed by atoms with Gasteiger partial charge in [0.15, 0.2) is 0 Å². The van der Waals surface area contributed by atoms with Crippen LogP contribution in [-0.2, 0) is 0 Å². The Balaban J connectivity index is 1.72. The molecule has 3 rings (SSSR count). The van der Waals surface area contributed by atoms with Crippen LogP contribution in [0.2, 0.25) is 0 Å². The van der Waals surface area contributed by atoms with Crippen molar-refractivity contribution in [1.29, 1.82) is 0 Å². The third-order valence-electron chi connectivity index (χ3n) is 5.50. The van der Waals surface area contributed by atoms with E-state index in [0.29, 0.717) is 25.0 Å². The summed E-state index contributed by atoms with van der Waals surface area (Å²) in [6.07, 6.45) is 0. The molecule has 28 heavy (non-hydrogen) atoms. The smallest absolute Gasteiger partial charge is 0.255 e. The van der Waals surface area contributed by atoms with Crippen LogP contribution in [-0.4, -0.2) is 51.5 Å². The van der Waals surface area contributed by atoms with Gasteiger partial charge in [0.05, 0.1) is 5.56 Å². The van der Waals surface area contributed by atoms with E-state index in [9.17, 15) is 4.79 Å². The number of piperazine rings is 1. The van der Waals surface area contributed by atoms with Gasteiger partial charge in [0, 0.05) is 61.3 Å². The number of aryl methyl sites for hydroxylation is 2. The number of amides is 1. The van der Waals surface area contributed by atoms with Crippen LogP contribution in [0.25, 0.3) is 0 Å². The first-order valence-electron chi connectivity index (χ1n) is 10.3. The first-order valence-corrected chi connectivity index (χ1v) is 10.3. The molecule has 0 radical (unpaired) electrons. The van der Waals surface area contributed by atoms with Crippen molar-refractivity contribution in [3.8, 4) is 0 Å². The Labute approximate surface area is 168 Å². The zero-order valence-corrected chi connectivity index (χ0v) is 18.3. The lowest BCUT2D eigenvalue weighted by molar-refractivity contribution is 0.0745. The zero-order chi connectivity index (χ0) is 20.6. The Morgan fingerprint density at radius 3 is 2.14 bits per heavy atom. The van der Waals surface area contributed by atoms with E-state index in [1.165, 1.54) is 0 Å². The molecule has 1 saturated heterocycles. The predicted molar refractivity (Wildman–Crippen MR) is 113 cm³/mol. The van der Waals surface area contributed by atoms with E-state index in [2.05, 4.69) is 49.1 Å². The lowest BCUT2D eigenvalue weighted by Gasteiger charge is -2.35. The van der Waals surface area contributed by atoms with Crippen LogP contribution >= 0.6 is 0 Å². The van der Waals surface area contributed by atoms with Gasteiger partial charge < -0.3 is 14.4 Å². The van der Waals surface area contributed by atoms with Gasteiger partial charge in [0.1, 0.15) is 11.6 Å². The number of hydrogen-bond acceptors (Lipinski definition) is 4. The fourth-order valence-electron chi connectivity index (χ4n) is 4.09. The monoisotopic (exact) mass is 383 g/mol. The van der Waals surface area contributed by atoms with Crippen LogP contribution in [0.1, 0.15) is 72.9 Å². The average molecular weight is 384 g/mol. The summed E-state index contributed by atoms with van der Waals surface area (Å²) in [5.74, 6) is 2.30. The minimum atomic E-state index is 0.140. The molecule has 0 bridgehead atoms. The van der Waals surface area contributed by atoms with Crippen molar-refractivity contribution in [2.24, 2.45) is 0 Å². The summed E-state index contributed by atoms with van der Waals surface area (Å²) in [6.45, 7) is 17.7. The standard InChI is InChI=1S/C22H33N5O/c1-14(2)21-23-16(5)12-20(24-21)25-8-10-26(11-9-25)22(28)19-13-17(6)27(15(3)4)18(19)7/h12-15H,8-11H2,1-7H3. The fraction of sp³-hybridized carbons (Fsp3) is 0.591. The molecule has 2 aromatic heterocycles. The predicted octanol–water partition coefficient (Wildman–Crippen LogP) is 3.87. The molecular formula is C22H33N5O.